The SMILES string of the molecule is C[C@@H](OC(=O)c1sc2ccccc2c1Cl)C(=O)N1CCc2ccccc2C1. The summed E-state index contributed by atoms with van der Waals surface area (Å²) in [7, 11) is 0. The van der Waals surface area contributed by atoms with Crippen molar-refractivity contribution < 1.29 is 14.3 Å². The Bertz CT molecular complexity index is 1030. The van der Waals surface area contributed by atoms with Crippen molar-refractivity contribution in [3.05, 3.63) is 69.6 Å². The van der Waals surface area contributed by atoms with Gasteiger partial charge in [0.15, 0.2) is 6.10 Å². The van der Waals surface area contributed by atoms with Gasteiger partial charge < -0.3 is 9.64 Å². The first kappa shape index (κ1) is 18.0. The molecule has 0 saturated heterocycles. The van der Waals surface area contributed by atoms with Crippen molar-refractivity contribution in [2.75, 3.05) is 6.54 Å². The van der Waals surface area contributed by atoms with Crippen LogP contribution in [0, 0.1) is 0 Å². The van der Waals surface area contributed by atoms with Crippen LogP contribution in [0.15, 0.2) is 48.5 Å². The first-order valence-corrected chi connectivity index (χ1v) is 9.97. The average molecular weight is 400 g/mol. The third-order valence-corrected chi connectivity index (χ3v) is 6.45. The molecule has 0 bridgehead atoms. The van der Waals surface area contributed by atoms with Crippen LogP contribution >= 0.6 is 22.9 Å². The number of carbonyl (C=O) groups is 2. The van der Waals surface area contributed by atoms with Crippen molar-refractivity contribution in [3.8, 4) is 0 Å². The fraction of sp³-hybridized carbons (Fsp3) is 0.238. The predicted molar refractivity (Wildman–Crippen MR) is 107 cm³/mol. The number of rotatable bonds is 3. The summed E-state index contributed by atoms with van der Waals surface area (Å²) in [6, 6.07) is 15.6. The highest BCUT2D eigenvalue weighted by molar-refractivity contribution is 7.21. The van der Waals surface area contributed by atoms with Gasteiger partial charge in [-0.2, -0.15) is 0 Å². The maximum atomic E-state index is 12.8. The van der Waals surface area contributed by atoms with Gasteiger partial charge in [-0.25, -0.2) is 4.79 Å². The summed E-state index contributed by atoms with van der Waals surface area (Å²) < 4.78 is 6.36. The van der Waals surface area contributed by atoms with E-state index in [1.54, 1.807) is 11.8 Å². The number of hydrogen-bond acceptors (Lipinski definition) is 4. The minimum absolute atomic E-state index is 0.185. The molecule has 2 aromatic carbocycles. The molecule has 0 spiro atoms. The maximum absolute atomic E-state index is 12.8. The molecule has 27 heavy (non-hydrogen) atoms. The van der Waals surface area contributed by atoms with Gasteiger partial charge in [0.1, 0.15) is 4.88 Å². The Morgan fingerprint density at radius 3 is 2.59 bits per heavy atom. The van der Waals surface area contributed by atoms with Crippen molar-refractivity contribution in [2.24, 2.45) is 0 Å². The van der Waals surface area contributed by atoms with Gasteiger partial charge in [-0.15, -0.1) is 11.3 Å². The van der Waals surface area contributed by atoms with Crippen LogP contribution in [0.2, 0.25) is 5.02 Å². The van der Waals surface area contributed by atoms with Crippen LogP contribution in [0.1, 0.15) is 27.7 Å². The zero-order valence-corrected chi connectivity index (χ0v) is 16.3. The molecule has 0 N–H and O–H groups in total. The Morgan fingerprint density at radius 2 is 1.81 bits per heavy atom. The van der Waals surface area contributed by atoms with Crippen LogP contribution < -0.4 is 0 Å². The van der Waals surface area contributed by atoms with Gasteiger partial charge in [0.05, 0.1) is 5.02 Å². The van der Waals surface area contributed by atoms with Crippen LogP contribution in [0.5, 0.6) is 0 Å². The van der Waals surface area contributed by atoms with Crippen molar-refractivity contribution in [3.63, 3.8) is 0 Å². The molecule has 4 rings (SSSR count). The summed E-state index contributed by atoms with van der Waals surface area (Å²) in [6.45, 7) is 2.78. The molecular formula is C21H18ClNO3S. The second-order valence-corrected chi connectivity index (χ2v) is 8.00. The summed E-state index contributed by atoms with van der Waals surface area (Å²) in [6.07, 6.45) is -0.0471. The highest BCUT2D eigenvalue weighted by Gasteiger charge is 2.28. The zero-order chi connectivity index (χ0) is 19.0. The number of ether oxygens (including phenoxy) is 1. The molecule has 1 aliphatic heterocycles. The molecule has 138 valence electrons. The van der Waals surface area contributed by atoms with E-state index in [9.17, 15) is 9.59 Å². The van der Waals surface area contributed by atoms with Gasteiger partial charge in [0, 0.05) is 23.2 Å². The fourth-order valence-electron chi connectivity index (χ4n) is 3.35. The highest BCUT2D eigenvalue weighted by Crippen LogP contribution is 2.35. The smallest absolute Gasteiger partial charge is 0.350 e. The molecule has 3 aromatic rings. The average Bonchev–Trinajstić information content (AvgIpc) is 3.04. The third-order valence-electron chi connectivity index (χ3n) is 4.79. The number of benzene rings is 2. The molecule has 1 aliphatic rings. The van der Waals surface area contributed by atoms with Crippen molar-refractivity contribution in [1.29, 1.82) is 0 Å². The van der Waals surface area contributed by atoms with E-state index in [0.717, 1.165) is 22.1 Å². The Morgan fingerprint density at radius 1 is 1.11 bits per heavy atom. The lowest BCUT2D eigenvalue weighted by molar-refractivity contribution is -0.140. The number of nitrogens with zero attached hydrogens (tertiary/aromatic N) is 1. The second kappa shape index (κ2) is 7.33. The summed E-state index contributed by atoms with van der Waals surface area (Å²) >= 11 is 7.61. The molecule has 1 amide bonds. The molecule has 6 heteroatoms. The molecule has 4 nitrogen and oxygen atoms in total. The maximum Gasteiger partial charge on any atom is 0.350 e. The van der Waals surface area contributed by atoms with Gasteiger partial charge in [-0.1, -0.05) is 54.1 Å². The molecule has 1 aromatic heterocycles. The van der Waals surface area contributed by atoms with Crippen LogP contribution in [0.4, 0.5) is 0 Å². The van der Waals surface area contributed by atoms with Crippen LogP contribution in [0.3, 0.4) is 0 Å². The Hall–Kier alpha value is -2.37. The minimum Gasteiger partial charge on any atom is -0.448 e. The third kappa shape index (κ3) is 3.45. The first-order valence-electron chi connectivity index (χ1n) is 8.78. The van der Waals surface area contributed by atoms with E-state index >= 15 is 0 Å². The van der Waals surface area contributed by atoms with Gasteiger partial charge in [0.25, 0.3) is 5.91 Å². The number of thiophene rings is 1. The largest absolute Gasteiger partial charge is 0.448 e. The second-order valence-electron chi connectivity index (χ2n) is 6.57. The summed E-state index contributed by atoms with van der Waals surface area (Å²) in [5, 5.41) is 1.20. The van der Waals surface area contributed by atoms with Gasteiger partial charge >= 0.3 is 5.97 Å². The van der Waals surface area contributed by atoms with E-state index in [0.29, 0.717) is 23.0 Å². The van der Waals surface area contributed by atoms with E-state index in [1.165, 1.54) is 16.9 Å². The number of hydrogen-bond donors (Lipinski definition) is 0. The van der Waals surface area contributed by atoms with E-state index in [4.69, 9.17) is 16.3 Å². The summed E-state index contributed by atoms with van der Waals surface area (Å²) in [4.78, 5) is 27.4. The van der Waals surface area contributed by atoms with Crippen molar-refractivity contribution >= 4 is 44.9 Å². The highest BCUT2D eigenvalue weighted by atomic mass is 35.5. The summed E-state index contributed by atoms with van der Waals surface area (Å²) in [5.74, 6) is -0.741. The Labute approximate surface area is 166 Å². The predicted octanol–water partition coefficient (Wildman–Crippen LogP) is 4.68. The molecular weight excluding hydrogens is 382 g/mol. The lowest BCUT2D eigenvalue weighted by atomic mass is 9.99. The van der Waals surface area contributed by atoms with E-state index in [2.05, 4.69) is 6.07 Å². The number of halogens is 1. The monoisotopic (exact) mass is 399 g/mol. The Kier molecular flexibility index (Phi) is 4.89. The lowest BCUT2D eigenvalue weighted by Crippen LogP contribution is -2.42. The molecule has 0 aliphatic carbocycles. The van der Waals surface area contributed by atoms with Gasteiger partial charge in [0.2, 0.25) is 0 Å². The van der Waals surface area contributed by atoms with Crippen molar-refractivity contribution in [1.82, 2.24) is 4.90 Å². The molecule has 0 radical (unpaired) electrons. The quantitative estimate of drug-likeness (QED) is 0.600. The van der Waals surface area contributed by atoms with Crippen LogP contribution in [-0.4, -0.2) is 29.4 Å². The zero-order valence-electron chi connectivity index (χ0n) is 14.8. The topological polar surface area (TPSA) is 46.6 Å². The standard InChI is InChI=1S/C21H18ClNO3S/c1-13(20(24)23-11-10-14-6-2-3-7-15(14)12-23)26-21(25)19-18(22)16-8-4-5-9-17(16)27-19/h2-9,13H,10-12H2,1H3/t13-/m1/s1. The van der Waals surface area contributed by atoms with E-state index < -0.39 is 12.1 Å². The van der Waals surface area contributed by atoms with E-state index in [1.807, 2.05) is 42.5 Å². The van der Waals surface area contributed by atoms with Gasteiger partial charge in [-0.05, 0) is 30.5 Å². The number of fused-ring (bicyclic) bond motifs is 2. The van der Waals surface area contributed by atoms with Crippen LogP contribution in [0.25, 0.3) is 10.1 Å². The molecule has 0 fully saturated rings. The van der Waals surface area contributed by atoms with E-state index in [-0.39, 0.29) is 5.91 Å². The van der Waals surface area contributed by atoms with Crippen LogP contribution in [-0.2, 0) is 22.5 Å². The Balaban J connectivity index is 1.47. The van der Waals surface area contributed by atoms with Crippen molar-refractivity contribution in [2.45, 2.75) is 26.0 Å². The molecule has 0 saturated carbocycles. The molecule has 2 heterocycles. The number of amides is 1. The molecule has 1 atom stereocenters. The number of carbonyl (C=O) groups excluding carboxylic acids is 2. The normalized spacial score (nSPS) is 14.7. The molecule has 0 unspecified atom stereocenters. The van der Waals surface area contributed by atoms with Gasteiger partial charge in [-0.3, -0.25) is 4.79 Å². The fourth-order valence-corrected chi connectivity index (χ4v) is 4.74. The minimum atomic E-state index is -0.857. The lowest BCUT2D eigenvalue weighted by Gasteiger charge is -2.30. The first-order chi connectivity index (χ1) is 13.0. The summed E-state index contributed by atoms with van der Waals surface area (Å²) in [5.41, 5.74) is 2.41. The number of esters is 1.